The van der Waals surface area contributed by atoms with E-state index in [9.17, 15) is 20.1 Å². The monoisotopic (exact) mass is 302 g/mol. The van der Waals surface area contributed by atoms with Gasteiger partial charge in [-0.25, -0.2) is 4.79 Å². The number of aliphatic hydroxyl groups is 2. The lowest BCUT2D eigenvalue weighted by Gasteiger charge is -2.26. The fourth-order valence-corrected chi connectivity index (χ4v) is 2.09. The molecule has 0 fully saturated rings. The third-order valence-electron chi connectivity index (χ3n) is 3.37. The van der Waals surface area contributed by atoms with Crippen LogP contribution < -0.4 is 0 Å². The number of aryl methyl sites for hydroxylation is 1. The summed E-state index contributed by atoms with van der Waals surface area (Å²) < 4.78 is 5.06. The maximum Gasteiger partial charge on any atom is 0.338 e. The van der Waals surface area contributed by atoms with E-state index in [4.69, 9.17) is 4.74 Å². The van der Waals surface area contributed by atoms with Crippen LogP contribution in [0.1, 0.15) is 21.5 Å². The minimum atomic E-state index is -1.86. The molecule has 0 saturated heterocycles. The Morgan fingerprint density at radius 1 is 1.18 bits per heavy atom. The Labute approximate surface area is 128 Å². The number of aromatic hydroxyl groups is 1. The van der Waals surface area contributed by atoms with Crippen LogP contribution in [0.3, 0.4) is 0 Å². The maximum absolute atomic E-state index is 11.9. The number of ether oxygens (including phenoxy) is 1. The molecule has 0 aliphatic heterocycles. The fraction of sp³-hybridized carbons (Fsp3) is 0.235. The predicted molar refractivity (Wildman–Crippen MR) is 80.6 cm³/mol. The Balaban J connectivity index is 2.15. The Hall–Kier alpha value is -2.37. The van der Waals surface area contributed by atoms with Gasteiger partial charge in [0.05, 0.1) is 12.2 Å². The highest BCUT2D eigenvalue weighted by Crippen LogP contribution is 2.30. The van der Waals surface area contributed by atoms with Gasteiger partial charge in [0.15, 0.2) is 0 Å². The lowest BCUT2D eigenvalue weighted by atomic mass is 9.93. The Bertz CT molecular complexity index is 653. The van der Waals surface area contributed by atoms with Crippen LogP contribution in [0.15, 0.2) is 48.5 Å². The van der Waals surface area contributed by atoms with Crippen molar-refractivity contribution in [2.45, 2.75) is 12.5 Å². The van der Waals surface area contributed by atoms with Crippen molar-refractivity contribution >= 4 is 5.97 Å². The van der Waals surface area contributed by atoms with E-state index in [2.05, 4.69) is 0 Å². The van der Waals surface area contributed by atoms with E-state index in [1.807, 2.05) is 0 Å². The molecule has 5 nitrogen and oxygen atoms in total. The zero-order valence-electron chi connectivity index (χ0n) is 12.2. The number of carbonyl (C=O) groups is 1. The first-order valence-electron chi connectivity index (χ1n) is 6.82. The lowest BCUT2D eigenvalue weighted by molar-refractivity contribution is -0.0694. The van der Waals surface area contributed by atoms with Crippen LogP contribution in [-0.4, -0.2) is 34.5 Å². The molecule has 0 aromatic heterocycles. The van der Waals surface area contributed by atoms with Crippen LogP contribution in [0.25, 0.3) is 0 Å². The minimum Gasteiger partial charge on any atom is -0.508 e. The Morgan fingerprint density at radius 3 is 2.45 bits per heavy atom. The molecule has 5 heteroatoms. The van der Waals surface area contributed by atoms with Crippen LogP contribution in [-0.2, 0) is 10.3 Å². The standard InChI is InChI=1S/C17H18O5/c1-12-7-8-14(15(19)9-12)17(21,10-18)11-22-16(20)13-5-3-2-4-6-13/h2-9,18-19,21H,10-11H2,1H3. The second-order valence-corrected chi connectivity index (χ2v) is 5.15. The van der Waals surface area contributed by atoms with Crippen LogP contribution in [0, 0.1) is 6.92 Å². The van der Waals surface area contributed by atoms with Crippen molar-refractivity contribution in [2.75, 3.05) is 13.2 Å². The molecule has 0 aliphatic rings. The van der Waals surface area contributed by atoms with Crippen molar-refractivity contribution < 1.29 is 24.9 Å². The van der Waals surface area contributed by atoms with Crippen molar-refractivity contribution in [3.63, 3.8) is 0 Å². The van der Waals surface area contributed by atoms with Gasteiger partial charge in [-0.1, -0.05) is 30.3 Å². The summed E-state index contributed by atoms with van der Waals surface area (Å²) in [6.45, 7) is 0.635. The summed E-state index contributed by atoms with van der Waals surface area (Å²) in [5.41, 5.74) is -0.595. The lowest BCUT2D eigenvalue weighted by Crippen LogP contribution is -2.36. The number of phenolic OH excluding ortho intramolecular Hbond substituents is 1. The van der Waals surface area contributed by atoms with Gasteiger partial charge < -0.3 is 20.1 Å². The highest BCUT2D eigenvalue weighted by atomic mass is 16.5. The smallest absolute Gasteiger partial charge is 0.338 e. The maximum atomic E-state index is 11.9. The fourth-order valence-electron chi connectivity index (χ4n) is 2.09. The second kappa shape index (κ2) is 6.60. The van der Waals surface area contributed by atoms with Crippen LogP contribution >= 0.6 is 0 Å². The predicted octanol–water partition coefficient (Wildman–Crippen LogP) is 1.74. The van der Waals surface area contributed by atoms with E-state index in [0.717, 1.165) is 5.56 Å². The molecule has 0 saturated carbocycles. The first kappa shape index (κ1) is 16.0. The van der Waals surface area contributed by atoms with Gasteiger partial charge in [-0.3, -0.25) is 0 Å². The molecule has 2 aromatic carbocycles. The molecule has 1 unspecified atom stereocenters. The van der Waals surface area contributed by atoms with Crippen molar-refractivity contribution in [1.82, 2.24) is 0 Å². The van der Waals surface area contributed by atoms with Crippen LogP contribution in [0.4, 0.5) is 0 Å². The van der Waals surface area contributed by atoms with E-state index in [0.29, 0.717) is 5.56 Å². The third-order valence-corrected chi connectivity index (χ3v) is 3.37. The van der Waals surface area contributed by atoms with Gasteiger partial charge in [0, 0.05) is 5.56 Å². The zero-order chi connectivity index (χ0) is 16.2. The van der Waals surface area contributed by atoms with Gasteiger partial charge in [-0.15, -0.1) is 0 Å². The van der Waals surface area contributed by atoms with Crippen molar-refractivity contribution in [3.8, 4) is 5.75 Å². The van der Waals surface area contributed by atoms with Crippen LogP contribution in [0.2, 0.25) is 0 Å². The summed E-state index contributed by atoms with van der Waals surface area (Å²) >= 11 is 0. The summed E-state index contributed by atoms with van der Waals surface area (Å²) in [6, 6.07) is 13.0. The SMILES string of the molecule is Cc1ccc(C(O)(CO)COC(=O)c2ccccc2)c(O)c1. The minimum absolute atomic E-state index is 0.112. The van der Waals surface area contributed by atoms with Crippen molar-refractivity contribution in [2.24, 2.45) is 0 Å². The van der Waals surface area contributed by atoms with Crippen molar-refractivity contribution in [3.05, 3.63) is 65.2 Å². The average Bonchev–Trinajstić information content (AvgIpc) is 2.53. The molecule has 1 atom stereocenters. The molecule has 0 aliphatic carbocycles. The number of hydrogen-bond donors (Lipinski definition) is 3. The molecule has 2 rings (SSSR count). The third kappa shape index (κ3) is 3.44. The first-order valence-corrected chi connectivity index (χ1v) is 6.82. The van der Waals surface area contributed by atoms with Crippen LogP contribution in [0.5, 0.6) is 5.75 Å². The zero-order valence-corrected chi connectivity index (χ0v) is 12.2. The summed E-state index contributed by atoms with van der Waals surface area (Å²) in [7, 11) is 0. The number of rotatable bonds is 5. The topological polar surface area (TPSA) is 87.0 Å². The molecule has 22 heavy (non-hydrogen) atoms. The largest absolute Gasteiger partial charge is 0.508 e. The summed E-state index contributed by atoms with van der Waals surface area (Å²) in [5.74, 6) is -0.772. The van der Waals surface area contributed by atoms with E-state index in [1.54, 1.807) is 43.3 Å². The highest BCUT2D eigenvalue weighted by Gasteiger charge is 2.33. The number of phenols is 1. The molecule has 0 bridgehead atoms. The number of esters is 1. The van der Waals surface area contributed by atoms with E-state index < -0.39 is 24.8 Å². The summed E-state index contributed by atoms with van der Waals surface area (Å²) in [5, 5.41) is 29.9. The Kier molecular flexibility index (Phi) is 4.80. The normalized spacial score (nSPS) is 13.4. The Morgan fingerprint density at radius 2 is 1.86 bits per heavy atom. The summed E-state index contributed by atoms with van der Waals surface area (Å²) in [4.78, 5) is 11.9. The molecular formula is C17H18O5. The molecule has 116 valence electrons. The highest BCUT2D eigenvalue weighted by molar-refractivity contribution is 5.89. The molecule has 0 amide bonds. The van der Waals surface area contributed by atoms with E-state index in [-0.39, 0.29) is 11.3 Å². The quantitative estimate of drug-likeness (QED) is 0.732. The van der Waals surface area contributed by atoms with Gasteiger partial charge in [0.1, 0.15) is 18.0 Å². The molecule has 2 aromatic rings. The van der Waals surface area contributed by atoms with Gasteiger partial charge in [0.2, 0.25) is 0 Å². The van der Waals surface area contributed by atoms with Gasteiger partial charge in [0.25, 0.3) is 0 Å². The van der Waals surface area contributed by atoms with Gasteiger partial charge >= 0.3 is 5.97 Å². The van der Waals surface area contributed by atoms with E-state index >= 15 is 0 Å². The molecule has 0 spiro atoms. The summed E-state index contributed by atoms with van der Waals surface area (Å²) in [6.07, 6.45) is 0. The first-order chi connectivity index (χ1) is 10.5. The number of carbonyl (C=O) groups excluding carboxylic acids is 1. The number of hydrogen-bond acceptors (Lipinski definition) is 5. The van der Waals surface area contributed by atoms with Gasteiger partial charge in [-0.05, 0) is 30.7 Å². The van der Waals surface area contributed by atoms with Gasteiger partial charge in [-0.2, -0.15) is 0 Å². The van der Waals surface area contributed by atoms with E-state index in [1.165, 1.54) is 12.1 Å². The molecule has 0 heterocycles. The molecular weight excluding hydrogens is 284 g/mol. The number of aliphatic hydroxyl groups excluding tert-OH is 1. The second-order valence-electron chi connectivity index (χ2n) is 5.15. The molecule has 0 radical (unpaired) electrons. The average molecular weight is 302 g/mol. The van der Waals surface area contributed by atoms with Crippen molar-refractivity contribution in [1.29, 1.82) is 0 Å². The molecule has 3 N–H and O–H groups in total. The number of benzene rings is 2.